The largest absolute Gasteiger partial charge is 0.364 e. The molecule has 0 saturated heterocycles. The van der Waals surface area contributed by atoms with Crippen LogP contribution in [0.3, 0.4) is 0 Å². The first-order valence-corrected chi connectivity index (χ1v) is 4.78. The molecule has 2 aromatic rings. The average molecular weight is 235 g/mol. The summed E-state index contributed by atoms with van der Waals surface area (Å²) in [5, 5.41) is 0.394. The standard InChI is InChI=1S/C10H7ClN4O/c11-7-4-15-8(10(12)16)3-6(7)9-5-13-1-2-14-9/h1-5H,(H2,12,16). The quantitative estimate of drug-likeness (QED) is 0.849. The molecule has 6 heteroatoms. The summed E-state index contributed by atoms with van der Waals surface area (Å²) in [6.07, 6.45) is 6.00. The van der Waals surface area contributed by atoms with Gasteiger partial charge in [0, 0.05) is 24.2 Å². The number of halogens is 1. The molecule has 5 nitrogen and oxygen atoms in total. The van der Waals surface area contributed by atoms with Gasteiger partial charge >= 0.3 is 0 Å². The fourth-order valence-corrected chi connectivity index (χ4v) is 1.41. The number of nitrogens with two attached hydrogens (primary N) is 1. The Morgan fingerprint density at radius 3 is 2.69 bits per heavy atom. The first-order chi connectivity index (χ1) is 7.68. The monoisotopic (exact) mass is 234 g/mol. The molecule has 0 fully saturated rings. The topological polar surface area (TPSA) is 81.8 Å². The maximum Gasteiger partial charge on any atom is 0.267 e. The summed E-state index contributed by atoms with van der Waals surface area (Å²) in [4.78, 5) is 22.8. The molecule has 0 saturated carbocycles. The summed E-state index contributed by atoms with van der Waals surface area (Å²) in [7, 11) is 0. The second-order valence-electron chi connectivity index (χ2n) is 3.00. The Bertz CT molecular complexity index is 530. The van der Waals surface area contributed by atoms with Crippen LogP contribution in [0.4, 0.5) is 0 Å². The Balaban J connectivity index is 2.56. The smallest absolute Gasteiger partial charge is 0.267 e. The van der Waals surface area contributed by atoms with Crippen molar-refractivity contribution in [1.29, 1.82) is 0 Å². The van der Waals surface area contributed by atoms with Gasteiger partial charge in [0.1, 0.15) is 5.69 Å². The molecule has 0 bridgehead atoms. The van der Waals surface area contributed by atoms with Gasteiger partial charge in [-0.2, -0.15) is 0 Å². The van der Waals surface area contributed by atoms with Crippen LogP contribution < -0.4 is 5.73 Å². The zero-order chi connectivity index (χ0) is 11.5. The maximum absolute atomic E-state index is 11.0. The lowest BCUT2D eigenvalue weighted by Crippen LogP contribution is -2.13. The highest BCUT2D eigenvalue weighted by Gasteiger charge is 2.09. The van der Waals surface area contributed by atoms with Crippen molar-refractivity contribution in [2.45, 2.75) is 0 Å². The SMILES string of the molecule is NC(=O)c1cc(-c2cnccn2)c(Cl)cn1. The van der Waals surface area contributed by atoms with Gasteiger partial charge in [-0.05, 0) is 6.07 Å². The fraction of sp³-hybridized carbons (Fsp3) is 0. The Hall–Kier alpha value is -2.01. The zero-order valence-corrected chi connectivity index (χ0v) is 8.85. The van der Waals surface area contributed by atoms with Crippen LogP contribution in [0.2, 0.25) is 5.02 Å². The molecule has 2 N–H and O–H groups in total. The van der Waals surface area contributed by atoms with Crippen molar-refractivity contribution in [2.75, 3.05) is 0 Å². The Morgan fingerprint density at radius 2 is 2.06 bits per heavy atom. The third-order valence-electron chi connectivity index (χ3n) is 1.95. The van der Waals surface area contributed by atoms with E-state index in [-0.39, 0.29) is 5.69 Å². The first-order valence-electron chi connectivity index (χ1n) is 4.40. The van der Waals surface area contributed by atoms with E-state index in [0.717, 1.165) is 0 Å². The van der Waals surface area contributed by atoms with Gasteiger partial charge in [0.05, 0.1) is 16.9 Å². The Morgan fingerprint density at radius 1 is 1.25 bits per heavy atom. The van der Waals surface area contributed by atoms with Crippen LogP contribution in [-0.2, 0) is 0 Å². The van der Waals surface area contributed by atoms with Gasteiger partial charge in [-0.25, -0.2) is 4.98 Å². The van der Waals surface area contributed by atoms with Crippen LogP contribution in [0.25, 0.3) is 11.3 Å². The normalized spacial score (nSPS) is 10.1. The van der Waals surface area contributed by atoms with E-state index in [1.54, 1.807) is 12.4 Å². The van der Waals surface area contributed by atoms with E-state index >= 15 is 0 Å². The molecule has 0 spiro atoms. The van der Waals surface area contributed by atoms with Crippen LogP contribution in [-0.4, -0.2) is 20.9 Å². The number of amides is 1. The highest BCUT2D eigenvalue weighted by molar-refractivity contribution is 6.33. The molecule has 0 unspecified atom stereocenters. The number of hydrogen-bond acceptors (Lipinski definition) is 4. The number of rotatable bonds is 2. The van der Waals surface area contributed by atoms with E-state index in [4.69, 9.17) is 17.3 Å². The van der Waals surface area contributed by atoms with Crippen LogP contribution >= 0.6 is 11.6 Å². The van der Waals surface area contributed by atoms with Gasteiger partial charge in [0.2, 0.25) is 0 Å². The molecule has 0 aliphatic carbocycles. The molecule has 2 heterocycles. The van der Waals surface area contributed by atoms with Gasteiger partial charge in [0.25, 0.3) is 5.91 Å². The van der Waals surface area contributed by atoms with E-state index in [0.29, 0.717) is 16.3 Å². The lowest BCUT2D eigenvalue weighted by Gasteiger charge is -2.03. The minimum absolute atomic E-state index is 0.144. The van der Waals surface area contributed by atoms with Crippen molar-refractivity contribution < 1.29 is 4.79 Å². The summed E-state index contributed by atoms with van der Waals surface area (Å²) >= 11 is 5.95. The van der Waals surface area contributed by atoms with Crippen LogP contribution in [0.5, 0.6) is 0 Å². The summed E-state index contributed by atoms with van der Waals surface area (Å²) < 4.78 is 0. The number of pyridine rings is 1. The molecule has 0 radical (unpaired) electrons. The molecule has 80 valence electrons. The van der Waals surface area contributed by atoms with E-state index in [2.05, 4.69) is 15.0 Å². The third-order valence-corrected chi connectivity index (χ3v) is 2.25. The molecule has 0 aliphatic rings. The van der Waals surface area contributed by atoms with E-state index in [1.807, 2.05) is 0 Å². The Labute approximate surface area is 96.3 Å². The maximum atomic E-state index is 11.0. The van der Waals surface area contributed by atoms with E-state index in [1.165, 1.54) is 18.5 Å². The lowest BCUT2D eigenvalue weighted by molar-refractivity contribution is 0.0995. The van der Waals surface area contributed by atoms with Crippen LogP contribution in [0, 0.1) is 0 Å². The van der Waals surface area contributed by atoms with Crippen LogP contribution in [0.15, 0.2) is 30.9 Å². The fourth-order valence-electron chi connectivity index (χ4n) is 1.21. The minimum Gasteiger partial charge on any atom is -0.364 e. The van der Waals surface area contributed by atoms with E-state index in [9.17, 15) is 4.79 Å². The minimum atomic E-state index is -0.609. The average Bonchev–Trinajstić information content (AvgIpc) is 2.30. The number of aromatic nitrogens is 3. The van der Waals surface area contributed by atoms with Gasteiger partial charge in [-0.15, -0.1) is 0 Å². The number of hydrogen-bond donors (Lipinski definition) is 1. The molecular weight excluding hydrogens is 228 g/mol. The summed E-state index contributed by atoms with van der Waals surface area (Å²) in [5.41, 5.74) is 6.42. The van der Waals surface area contributed by atoms with Gasteiger partial charge < -0.3 is 5.73 Å². The lowest BCUT2D eigenvalue weighted by atomic mass is 10.1. The predicted molar refractivity (Wildman–Crippen MR) is 58.8 cm³/mol. The summed E-state index contributed by atoms with van der Waals surface area (Å²) in [6, 6.07) is 1.49. The molecule has 0 aliphatic heterocycles. The van der Waals surface area contributed by atoms with Gasteiger partial charge in [-0.3, -0.25) is 14.8 Å². The van der Waals surface area contributed by atoms with Crippen LogP contribution in [0.1, 0.15) is 10.5 Å². The van der Waals surface area contributed by atoms with Crippen molar-refractivity contribution >= 4 is 17.5 Å². The molecule has 2 aromatic heterocycles. The highest BCUT2D eigenvalue weighted by Crippen LogP contribution is 2.25. The highest BCUT2D eigenvalue weighted by atomic mass is 35.5. The van der Waals surface area contributed by atoms with Crippen molar-refractivity contribution in [1.82, 2.24) is 15.0 Å². The van der Waals surface area contributed by atoms with E-state index < -0.39 is 5.91 Å². The van der Waals surface area contributed by atoms with Crippen molar-refractivity contribution in [2.24, 2.45) is 5.73 Å². The molecule has 2 rings (SSSR count). The molecule has 16 heavy (non-hydrogen) atoms. The van der Waals surface area contributed by atoms with Gasteiger partial charge in [0.15, 0.2) is 0 Å². The first kappa shape index (κ1) is 10.5. The van der Waals surface area contributed by atoms with Crippen molar-refractivity contribution in [3.05, 3.63) is 41.6 Å². The van der Waals surface area contributed by atoms with Crippen molar-refractivity contribution in [3.63, 3.8) is 0 Å². The van der Waals surface area contributed by atoms with Gasteiger partial charge in [-0.1, -0.05) is 11.6 Å². The summed E-state index contributed by atoms with van der Waals surface area (Å²) in [5.74, 6) is -0.609. The van der Waals surface area contributed by atoms with Crippen molar-refractivity contribution in [3.8, 4) is 11.3 Å². The second-order valence-corrected chi connectivity index (χ2v) is 3.41. The molecule has 0 atom stereocenters. The molecule has 1 amide bonds. The number of nitrogens with zero attached hydrogens (tertiary/aromatic N) is 3. The summed E-state index contributed by atoms with van der Waals surface area (Å²) in [6.45, 7) is 0. The predicted octanol–water partition coefficient (Wildman–Crippen LogP) is 1.29. The number of primary amides is 1. The third kappa shape index (κ3) is 1.99. The molecular formula is C10H7ClN4O. The molecule has 0 aromatic carbocycles. The number of carbonyl (C=O) groups excluding carboxylic acids is 1. The Kier molecular flexibility index (Phi) is 2.78. The zero-order valence-electron chi connectivity index (χ0n) is 8.09. The second kappa shape index (κ2) is 4.24. The number of carbonyl (C=O) groups is 1.